The number of carbonyl (C=O) groups is 1. The second-order valence-corrected chi connectivity index (χ2v) is 8.02. The molecule has 1 amide bonds. The zero-order valence-electron chi connectivity index (χ0n) is 17.2. The first-order valence-corrected chi connectivity index (χ1v) is 10.8. The van der Waals surface area contributed by atoms with E-state index >= 15 is 0 Å². The molecular weight excluding hydrogens is 408 g/mol. The number of aromatic hydroxyl groups is 1. The number of aromatic nitrogens is 3. The molecule has 7 heteroatoms. The molecule has 31 heavy (non-hydrogen) atoms. The lowest BCUT2D eigenvalue weighted by atomic mass is 10.1. The Kier molecular flexibility index (Phi) is 6.04. The van der Waals surface area contributed by atoms with Crippen molar-refractivity contribution in [3.05, 3.63) is 83.9 Å². The minimum Gasteiger partial charge on any atom is -0.507 e. The third-order valence-electron chi connectivity index (χ3n) is 5.00. The van der Waals surface area contributed by atoms with E-state index in [-0.39, 0.29) is 17.4 Å². The van der Waals surface area contributed by atoms with E-state index < -0.39 is 0 Å². The normalized spacial score (nSPS) is 10.8. The number of nitrogens with one attached hydrogen (secondary N) is 1. The number of para-hydroxylation sites is 2. The number of phenolic OH excluding ortho intramolecular Hbond substituents is 1. The highest BCUT2D eigenvalue weighted by Crippen LogP contribution is 2.32. The van der Waals surface area contributed by atoms with Crippen molar-refractivity contribution >= 4 is 23.4 Å². The number of anilines is 1. The van der Waals surface area contributed by atoms with Crippen molar-refractivity contribution in [2.24, 2.45) is 0 Å². The van der Waals surface area contributed by atoms with E-state index in [1.807, 2.05) is 73.0 Å². The van der Waals surface area contributed by atoms with Gasteiger partial charge in [0.25, 0.3) is 0 Å². The summed E-state index contributed by atoms with van der Waals surface area (Å²) in [6, 6.07) is 22.5. The predicted molar refractivity (Wildman–Crippen MR) is 124 cm³/mol. The predicted octanol–water partition coefficient (Wildman–Crippen LogP) is 4.99. The smallest absolute Gasteiger partial charge is 0.234 e. The lowest BCUT2D eigenvalue weighted by Gasteiger charge is -2.12. The van der Waals surface area contributed by atoms with E-state index in [9.17, 15) is 9.90 Å². The van der Waals surface area contributed by atoms with Crippen molar-refractivity contribution in [1.82, 2.24) is 14.8 Å². The summed E-state index contributed by atoms with van der Waals surface area (Å²) >= 11 is 1.30. The van der Waals surface area contributed by atoms with Crippen LogP contribution in [0.15, 0.2) is 78.0 Å². The zero-order valence-corrected chi connectivity index (χ0v) is 18.1. The lowest BCUT2D eigenvalue weighted by molar-refractivity contribution is -0.113. The van der Waals surface area contributed by atoms with Crippen molar-refractivity contribution in [3.8, 4) is 22.8 Å². The van der Waals surface area contributed by atoms with Crippen LogP contribution in [0.4, 0.5) is 5.69 Å². The van der Waals surface area contributed by atoms with Gasteiger partial charge in [-0.05, 0) is 55.3 Å². The van der Waals surface area contributed by atoms with E-state index in [1.165, 1.54) is 11.8 Å². The van der Waals surface area contributed by atoms with Gasteiger partial charge in [-0.2, -0.15) is 0 Å². The van der Waals surface area contributed by atoms with Crippen molar-refractivity contribution < 1.29 is 9.90 Å². The Labute approximate surface area is 185 Å². The SMILES string of the molecule is Cc1cccc(NC(=O)CSc2nnc(-c3ccccc3O)n2-c2ccccc2)c1C. The van der Waals surface area contributed by atoms with Gasteiger partial charge in [-0.15, -0.1) is 10.2 Å². The van der Waals surface area contributed by atoms with Gasteiger partial charge in [0.1, 0.15) is 5.75 Å². The van der Waals surface area contributed by atoms with Crippen LogP contribution in [0.5, 0.6) is 5.75 Å². The Hall–Kier alpha value is -3.58. The van der Waals surface area contributed by atoms with Gasteiger partial charge in [-0.3, -0.25) is 9.36 Å². The van der Waals surface area contributed by atoms with Crippen LogP contribution in [0, 0.1) is 13.8 Å². The number of hydrogen-bond donors (Lipinski definition) is 2. The first-order chi connectivity index (χ1) is 15.0. The summed E-state index contributed by atoms with van der Waals surface area (Å²) in [6.07, 6.45) is 0. The van der Waals surface area contributed by atoms with Crippen molar-refractivity contribution in [1.29, 1.82) is 0 Å². The highest BCUT2D eigenvalue weighted by atomic mass is 32.2. The molecule has 0 aliphatic carbocycles. The molecule has 4 aromatic rings. The van der Waals surface area contributed by atoms with Gasteiger partial charge in [0.05, 0.1) is 11.3 Å². The average molecular weight is 431 g/mol. The summed E-state index contributed by atoms with van der Waals surface area (Å²) < 4.78 is 1.85. The maximum Gasteiger partial charge on any atom is 0.234 e. The van der Waals surface area contributed by atoms with Gasteiger partial charge >= 0.3 is 0 Å². The van der Waals surface area contributed by atoms with Gasteiger partial charge in [-0.25, -0.2) is 0 Å². The molecule has 0 aliphatic heterocycles. The lowest BCUT2D eigenvalue weighted by Crippen LogP contribution is -2.15. The van der Waals surface area contributed by atoms with Crippen molar-refractivity contribution in [3.63, 3.8) is 0 Å². The number of amides is 1. The monoisotopic (exact) mass is 430 g/mol. The van der Waals surface area contributed by atoms with Crippen LogP contribution >= 0.6 is 11.8 Å². The van der Waals surface area contributed by atoms with Gasteiger partial charge in [0.15, 0.2) is 11.0 Å². The first kappa shape index (κ1) is 20.7. The highest BCUT2D eigenvalue weighted by Gasteiger charge is 2.19. The molecule has 2 N–H and O–H groups in total. The van der Waals surface area contributed by atoms with Crippen LogP contribution in [0.3, 0.4) is 0 Å². The van der Waals surface area contributed by atoms with Crippen LogP contribution in [0.25, 0.3) is 17.1 Å². The van der Waals surface area contributed by atoms with Crippen LogP contribution in [0.2, 0.25) is 0 Å². The van der Waals surface area contributed by atoms with E-state index in [0.717, 1.165) is 22.5 Å². The number of phenols is 1. The van der Waals surface area contributed by atoms with Gasteiger partial charge in [0, 0.05) is 11.4 Å². The average Bonchev–Trinajstić information content (AvgIpc) is 3.20. The number of thioether (sulfide) groups is 1. The Morgan fingerprint density at radius 3 is 2.48 bits per heavy atom. The van der Waals surface area contributed by atoms with Crippen molar-refractivity contribution in [2.45, 2.75) is 19.0 Å². The minimum absolute atomic E-state index is 0.120. The molecule has 1 heterocycles. The van der Waals surface area contributed by atoms with E-state index in [1.54, 1.807) is 18.2 Å². The molecule has 0 saturated heterocycles. The summed E-state index contributed by atoms with van der Waals surface area (Å²) in [5.41, 5.74) is 4.41. The molecular formula is C24H22N4O2S. The molecule has 156 valence electrons. The fraction of sp³-hybridized carbons (Fsp3) is 0.125. The topological polar surface area (TPSA) is 80.0 Å². The largest absolute Gasteiger partial charge is 0.507 e. The summed E-state index contributed by atoms with van der Waals surface area (Å²) in [5.74, 6) is 0.697. The van der Waals surface area contributed by atoms with Crippen molar-refractivity contribution in [2.75, 3.05) is 11.1 Å². The Morgan fingerprint density at radius 1 is 0.968 bits per heavy atom. The fourth-order valence-electron chi connectivity index (χ4n) is 3.21. The van der Waals surface area contributed by atoms with Gasteiger partial charge in [0.2, 0.25) is 5.91 Å². The van der Waals surface area contributed by atoms with Crippen LogP contribution < -0.4 is 5.32 Å². The van der Waals surface area contributed by atoms with E-state index in [0.29, 0.717) is 16.5 Å². The van der Waals surface area contributed by atoms with Gasteiger partial charge in [-0.1, -0.05) is 54.2 Å². The van der Waals surface area contributed by atoms with Crippen LogP contribution in [-0.2, 0) is 4.79 Å². The molecule has 6 nitrogen and oxygen atoms in total. The van der Waals surface area contributed by atoms with E-state index in [4.69, 9.17) is 0 Å². The summed E-state index contributed by atoms with van der Waals surface area (Å²) in [7, 11) is 0. The standard InChI is InChI=1S/C24H22N4O2S/c1-16-9-8-13-20(17(16)2)25-22(30)15-31-24-27-26-23(19-12-6-7-14-21(19)29)28(24)18-10-4-3-5-11-18/h3-14,29H,15H2,1-2H3,(H,25,30). The molecule has 0 unspecified atom stereocenters. The van der Waals surface area contributed by atoms with Gasteiger partial charge < -0.3 is 10.4 Å². The molecule has 0 fully saturated rings. The Balaban J connectivity index is 1.61. The molecule has 0 bridgehead atoms. The summed E-state index contributed by atoms with van der Waals surface area (Å²) in [5, 5.41) is 22.5. The number of hydrogen-bond acceptors (Lipinski definition) is 5. The first-order valence-electron chi connectivity index (χ1n) is 9.82. The molecule has 0 aliphatic rings. The number of rotatable bonds is 6. The fourth-order valence-corrected chi connectivity index (χ4v) is 3.97. The molecule has 4 rings (SSSR count). The maximum atomic E-state index is 12.6. The Bertz CT molecular complexity index is 1220. The summed E-state index contributed by atoms with van der Waals surface area (Å²) in [4.78, 5) is 12.6. The number of nitrogens with zero attached hydrogens (tertiary/aromatic N) is 3. The van der Waals surface area contributed by atoms with Crippen LogP contribution in [0.1, 0.15) is 11.1 Å². The minimum atomic E-state index is -0.120. The number of benzene rings is 3. The molecule has 0 atom stereocenters. The van der Waals surface area contributed by atoms with Crippen LogP contribution in [-0.4, -0.2) is 31.5 Å². The Morgan fingerprint density at radius 2 is 1.71 bits per heavy atom. The third kappa shape index (κ3) is 4.46. The second kappa shape index (κ2) is 9.06. The number of carbonyl (C=O) groups excluding carboxylic acids is 1. The quantitative estimate of drug-likeness (QED) is 0.421. The summed E-state index contributed by atoms with van der Waals surface area (Å²) in [6.45, 7) is 4.01. The zero-order chi connectivity index (χ0) is 21.8. The molecule has 1 aromatic heterocycles. The van der Waals surface area contributed by atoms with E-state index in [2.05, 4.69) is 15.5 Å². The molecule has 0 radical (unpaired) electrons. The maximum absolute atomic E-state index is 12.6. The molecule has 0 saturated carbocycles. The number of aryl methyl sites for hydroxylation is 1. The molecule has 3 aromatic carbocycles. The second-order valence-electron chi connectivity index (χ2n) is 7.08. The third-order valence-corrected chi connectivity index (χ3v) is 5.93. The molecule has 0 spiro atoms. The highest BCUT2D eigenvalue weighted by molar-refractivity contribution is 7.99.